The molecule has 1 heterocycles. The van der Waals surface area contributed by atoms with E-state index in [1.807, 2.05) is 4.98 Å². The van der Waals surface area contributed by atoms with E-state index in [0.717, 1.165) is 6.07 Å². The molecule has 2 N–H and O–H groups in total. The third-order valence-electron chi connectivity index (χ3n) is 2.94. The number of fused-ring (bicyclic) bond motifs is 1. The number of aldehydes is 1. The lowest BCUT2D eigenvalue weighted by Crippen LogP contribution is -2.32. The monoisotopic (exact) mass is 313 g/mol. The Hall–Kier alpha value is -2.38. The minimum absolute atomic E-state index is 0.172. The normalized spacial score (nSPS) is 12.5. The van der Waals surface area contributed by atoms with Gasteiger partial charge in [0.25, 0.3) is 5.56 Å². The standard InChI is InChI=1S/C14H14F3N3O2/c1-13(2,6-21)20-7-4-8-10(9(15)5-7)18-12(14(3,16)17)19-11(8)22/h4-6,20H,1-3H3,(H,18,19,22). The predicted molar refractivity (Wildman–Crippen MR) is 75.7 cm³/mol. The van der Waals surface area contributed by atoms with Crippen LogP contribution in [0.1, 0.15) is 26.6 Å². The summed E-state index contributed by atoms with van der Waals surface area (Å²) in [5.41, 5.74) is -2.13. The Morgan fingerprint density at radius 1 is 1.27 bits per heavy atom. The summed E-state index contributed by atoms with van der Waals surface area (Å²) >= 11 is 0. The molecule has 0 unspecified atom stereocenters. The molecule has 1 aromatic carbocycles. The fourth-order valence-corrected chi connectivity index (χ4v) is 1.88. The second kappa shape index (κ2) is 5.11. The highest BCUT2D eigenvalue weighted by Crippen LogP contribution is 2.26. The molecule has 0 spiro atoms. The SMILES string of the molecule is CC(C)(C=O)Nc1cc(F)c2nc(C(C)(F)F)[nH]c(=O)c2c1. The first kappa shape index (κ1) is 16.0. The number of H-pyrrole nitrogens is 1. The molecule has 0 aliphatic rings. The van der Waals surface area contributed by atoms with Gasteiger partial charge in [0.05, 0.1) is 10.9 Å². The third-order valence-corrected chi connectivity index (χ3v) is 2.94. The zero-order chi connectivity index (χ0) is 16.7. The Morgan fingerprint density at radius 2 is 1.91 bits per heavy atom. The highest BCUT2D eigenvalue weighted by molar-refractivity contribution is 5.83. The Bertz CT molecular complexity index is 794. The summed E-state index contributed by atoms with van der Waals surface area (Å²) in [6.07, 6.45) is 0.623. The summed E-state index contributed by atoms with van der Waals surface area (Å²) in [4.78, 5) is 28.2. The Balaban J connectivity index is 2.64. The van der Waals surface area contributed by atoms with Gasteiger partial charge in [-0.1, -0.05) is 0 Å². The van der Waals surface area contributed by atoms with Crippen molar-refractivity contribution < 1.29 is 18.0 Å². The van der Waals surface area contributed by atoms with Crippen LogP contribution in [0.25, 0.3) is 10.9 Å². The van der Waals surface area contributed by atoms with Gasteiger partial charge in [-0.15, -0.1) is 0 Å². The van der Waals surface area contributed by atoms with E-state index in [1.54, 1.807) is 13.8 Å². The van der Waals surface area contributed by atoms with Gasteiger partial charge >= 0.3 is 5.92 Å². The number of rotatable bonds is 4. The quantitative estimate of drug-likeness (QED) is 0.851. The van der Waals surface area contributed by atoms with Crippen LogP contribution >= 0.6 is 0 Å². The number of alkyl halides is 2. The van der Waals surface area contributed by atoms with Crippen molar-refractivity contribution >= 4 is 22.9 Å². The van der Waals surface area contributed by atoms with Crippen molar-refractivity contribution in [1.29, 1.82) is 0 Å². The maximum atomic E-state index is 14.1. The number of aromatic amines is 1. The van der Waals surface area contributed by atoms with Crippen LogP contribution in [-0.4, -0.2) is 21.8 Å². The lowest BCUT2D eigenvalue weighted by molar-refractivity contribution is -0.110. The zero-order valence-corrected chi connectivity index (χ0v) is 12.1. The van der Waals surface area contributed by atoms with Crippen LogP contribution in [0.15, 0.2) is 16.9 Å². The van der Waals surface area contributed by atoms with Gasteiger partial charge in [0.1, 0.15) is 11.8 Å². The Kier molecular flexibility index (Phi) is 3.72. The molecule has 0 radical (unpaired) electrons. The molecule has 118 valence electrons. The first-order chi connectivity index (χ1) is 10.0. The van der Waals surface area contributed by atoms with Gasteiger partial charge in [0.15, 0.2) is 11.6 Å². The number of carbonyl (C=O) groups excluding carboxylic acids is 1. The van der Waals surface area contributed by atoms with E-state index in [-0.39, 0.29) is 11.1 Å². The van der Waals surface area contributed by atoms with E-state index >= 15 is 0 Å². The van der Waals surface area contributed by atoms with E-state index in [4.69, 9.17) is 0 Å². The van der Waals surface area contributed by atoms with E-state index in [2.05, 4.69) is 10.3 Å². The summed E-state index contributed by atoms with van der Waals surface area (Å²) in [5.74, 6) is -5.23. The highest BCUT2D eigenvalue weighted by atomic mass is 19.3. The maximum Gasteiger partial charge on any atom is 0.302 e. The molecule has 0 saturated heterocycles. The average Bonchev–Trinajstić information content (AvgIpc) is 2.38. The van der Waals surface area contributed by atoms with Crippen LogP contribution in [0.5, 0.6) is 0 Å². The van der Waals surface area contributed by atoms with Gasteiger partial charge in [0, 0.05) is 12.6 Å². The summed E-state index contributed by atoms with van der Waals surface area (Å²) in [6.45, 7) is 3.67. The fraction of sp³-hybridized carbons (Fsp3) is 0.357. The molecule has 0 saturated carbocycles. The van der Waals surface area contributed by atoms with Crippen LogP contribution in [0.3, 0.4) is 0 Å². The third kappa shape index (κ3) is 3.10. The largest absolute Gasteiger partial charge is 0.373 e. The number of anilines is 1. The van der Waals surface area contributed by atoms with E-state index < -0.39 is 34.2 Å². The van der Waals surface area contributed by atoms with Gasteiger partial charge < -0.3 is 15.1 Å². The number of benzene rings is 1. The second-order valence-corrected chi connectivity index (χ2v) is 5.62. The van der Waals surface area contributed by atoms with Crippen LogP contribution < -0.4 is 10.9 Å². The number of carbonyl (C=O) groups is 1. The lowest BCUT2D eigenvalue weighted by Gasteiger charge is -2.21. The molecule has 0 amide bonds. The molecule has 0 atom stereocenters. The van der Waals surface area contributed by atoms with Crippen molar-refractivity contribution in [2.24, 2.45) is 0 Å². The molecule has 22 heavy (non-hydrogen) atoms. The van der Waals surface area contributed by atoms with Crippen molar-refractivity contribution in [3.05, 3.63) is 34.1 Å². The summed E-state index contributed by atoms with van der Waals surface area (Å²) in [7, 11) is 0. The Morgan fingerprint density at radius 3 is 2.45 bits per heavy atom. The van der Waals surface area contributed by atoms with Crippen molar-refractivity contribution in [2.45, 2.75) is 32.2 Å². The smallest absolute Gasteiger partial charge is 0.302 e. The Labute approximate surface area is 123 Å². The number of nitrogens with zero attached hydrogens (tertiary/aromatic N) is 1. The molecule has 2 aromatic rings. The van der Waals surface area contributed by atoms with E-state index in [1.165, 1.54) is 6.07 Å². The van der Waals surface area contributed by atoms with Gasteiger partial charge in [-0.25, -0.2) is 9.37 Å². The summed E-state index contributed by atoms with van der Waals surface area (Å²) < 4.78 is 40.6. The van der Waals surface area contributed by atoms with Crippen molar-refractivity contribution in [3.63, 3.8) is 0 Å². The molecule has 2 rings (SSSR count). The number of aromatic nitrogens is 2. The van der Waals surface area contributed by atoms with E-state index in [9.17, 15) is 22.8 Å². The average molecular weight is 313 g/mol. The van der Waals surface area contributed by atoms with Gasteiger partial charge in [-0.3, -0.25) is 4.79 Å². The van der Waals surface area contributed by atoms with Crippen molar-refractivity contribution in [2.75, 3.05) is 5.32 Å². The first-order valence-corrected chi connectivity index (χ1v) is 6.40. The molecule has 5 nitrogen and oxygen atoms in total. The van der Waals surface area contributed by atoms with Gasteiger partial charge in [-0.2, -0.15) is 8.78 Å². The van der Waals surface area contributed by atoms with Gasteiger partial charge in [-0.05, 0) is 26.0 Å². The number of halogens is 3. The lowest BCUT2D eigenvalue weighted by atomic mass is 10.1. The van der Waals surface area contributed by atoms with Crippen LogP contribution in [0, 0.1) is 5.82 Å². The number of nitrogens with one attached hydrogen (secondary N) is 2. The number of hydrogen-bond donors (Lipinski definition) is 2. The molecule has 8 heteroatoms. The van der Waals surface area contributed by atoms with Crippen molar-refractivity contribution in [1.82, 2.24) is 9.97 Å². The molecular formula is C14H14F3N3O2. The first-order valence-electron chi connectivity index (χ1n) is 6.40. The minimum atomic E-state index is -3.39. The fourth-order valence-electron chi connectivity index (χ4n) is 1.88. The second-order valence-electron chi connectivity index (χ2n) is 5.62. The molecule has 0 bridgehead atoms. The summed E-state index contributed by atoms with van der Waals surface area (Å²) in [5, 5.41) is 2.55. The maximum absolute atomic E-state index is 14.1. The molecule has 0 aliphatic carbocycles. The highest BCUT2D eigenvalue weighted by Gasteiger charge is 2.29. The van der Waals surface area contributed by atoms with Crippen molar-refractivity contribution in [3.8, 4) is 0 Å². The van der Waals surface area contributed by atoms with Gasteiger partial charge in [0.2, 0.25) is 0 Å². The molecular weight excluding hydrogens is 299 g/mol. The predicted octanol–water partition coefficient (Wildman–Crippen LogP) is 2.56. The topological polar surface area (TPSA) is 74.8 Å². The minimum Gasteiger partial charge on any atom is -0.373 e. The molecule has 0 aliphatic heterocycles. The zero-order valence-electron chi connectivity index (χ0n) is 12.1. The molecule has 1 aromatic heterocycles. The van der Waals surface area contributed by atoms with Crippen LogP contribution in [0.2, 0.25) is 0 Å². The molecule has 0 fully saturated rings. The van der Waals surface area contributed by atoms with Crippen LogP contribution in [-0.2, 0) is 10.7 Å². The number of hydrogen-bond acceptors (Lipinski definition) is 4. The van der Waals surface area contributed by atoms with E-state index in [0.29, 0.717) is 13.2 Å². The summed E-state index contributed by atoms with van der Waals surface area (Å²) in [6, 6.07) is 2.25. The van der Waals surface area contributed by atoms with Crippen LogP contribution in [0.4, 0.5) is 18.9 Å².